The molecule has 1 rings (SSSR count). The van der Waals surface area contributed by atoms with E-state index in [2.05, 4.69) is 0 Å². The Balaban J connectivity index is 0. The van der Waals surface area contributed by atoms with E-state index in [1.807, 2.05) is 0 Å². The summed E-state index contributed by atoms with van der Waals surface area (Å²) in [6.07, 6.45) is 7.50. The molecule has 0 bridgehead atoms. The van der Waals surface area contributed by atoms with Gasteiger partial charge in [0.25, 0.3) is 0 Å². The standard InChI is InChI=1S/C5H10.CH3.3ClH.Ti/c1-2-4-5-3-1;;;;;/h1-5H2;1H3;3*1H;/q;-1;;;;+4/p-3. The van der Waals surface area contributed by atoms with Crippen molar-refractivity contribution >= 4 is 27.9 Å². The van der Waals surface area contributed by atoms with Crippen LogP contribution in [0.15, 0.2) is 0 Å². The fourth-order valence-electron chi connectivity index (χ4n) is 0.884. The molecule has 4 heteroatoms. The molecule has 1 saturated carbocycles. The number of rotatable bonds is 0. The maximum absolute atomic E-state index is 4.97. The molecule has 0 aromatic heterocycles. The minimum atomic E-state index is -1.92. The van der Waals surface area contributed by atoms with Crippen molar-refractivity contribution in [2.45, 2.75) is 32.1 Å². The van der Waals surface area contributed by atoms with Crippen molar-refractivity contribution in [2.75, 3.05) is 0 Å². The zero-order chi connectivity index (χ0) is 7.11. The van der Waals surface area contributed by atoms with Gasteiger partial charge in [-0.05, 0) is 0 Å². The van der Waals surface area contributed by atoms with Gasteiger partial charge in [0.1, 0.15) is 0 Å². The van der Waals surface area contributed by atoms with Crippen molar-refractivity contribution in [1.82, 2.24) is 0 Å². The molecule has 1 fully saturated rings. The summed E-state index contributed by atoms with van der Waals surface area (Å²) in [7, 11) is 14.9. The molecule has 0 aromatic rings. The first-order valence-electron chi connectivity index (χ1n) is 3.07. The first-order chi connectivity index (χ1) is 4.23. The Kier molecular flexibility index (Phi) is 15.0. The van der Waals surface area contributed by atoms with Gasteiger partial charge < -0.3 is 7.43 Å². The summed E-state index contributed by atoms with van der Waals surface area (Å²) in [5.74, 6) is 0. The molecule has 0 amide bonds. The molecule has 0 aromatic carbocycles. The molecule has 0 N–H and O–H groups in total. The first-order valence-corrected chi connectivity index (χ1v) is 9.51. The van der Waals surface area contributed by atoms with E-state index in [9.17, 15) is 0 Å². The predicted octanol–water partition coefficient (Wildman–Crippen LogP) is 4.47. The van der Waals surface area contributed by atoms with E-state index in [1.54, 1.807) is 0 Å². The second kappa shape index (κ2) is 10.6. The summed E-state index contributed by atoms with van der Waals surface area (Å²) in [5.41, 5.74) is 0. The normalized spacial score (nSPS) is 14.7. The molecule has 0 spiro atoms. The van der Waals surface area contributed by atoms with Crippen LogP contribution in [0.2, 0.25) is 0 Å². The first kappa shape index (κ1) is 14.1. The van der Waals surface area contributed by atoms with Crippen LogP contribution < -0.4 is 0 Å². The van der Waals surface area contributed by atoms with E-state index in [0.29, 0.717) is 0 Å². The van der Waals surface area contributed by atoms with Crippen molar-refractivity contribution in [3.05, 3.63) is 7.43 Å². The fourth-order valence-corrected chi connectivity index (χ4v) is 0.884. The van der Waals surface area contributed by atoms with Gasteiger partial charge in [-0.2, -0.15) is 0 Å². The molecule has 62 valence electrons. The van der Waals surface area contributed by atoms with Crippen molar-refractivity contribution in [3.8, 4) is 0 Å². The molecule has 0 aliphatic heterocycles. The van der Waals surface area contributed by atoms with E-state index in [-0.39, 0.29) is 7.43 Å². The van der Waals surface area contributed by atoms with Gasteiger partial charge in [0.05, 0.1) is 0 Å². The Morgan fingerprint density at radius 2 is 0.800 bits per heavy atom. The molecule has 10 heavy (non-hydrogen) atoms. The predicted molar refractivity (Wildman–Crippen MR) is 47.1 cm³/mol. The summed E-state index contributed by atoms with van der Waals surface area (Å²) in [6, 6.07) is 0. The molecule has 0 nitrogen and oxygen atoms in total. The number of halogens is 3. The van der Waals surface area contributed by atoms with E-state index in [0.717, 1.165) is 0 Å². The van der Waals surface area contributed by atoms with Gasteiger partial charge in [-0.25, -0.2) is 0 Å². The average Bonchev–Trinajstić information content (AvgIpc) is 2.11. The van der Waals surface area contributed by atoms with Gasteiger partial charge >= 0.3 is 42.6 Å². The van der Waals surface area contributed by atoms with Crippen LogP contribution >= 0.6 is 27.9 Å². The Morgan fingerprint density at radius 1 is 0.700 bits per heavy atom. The van der Waals surface area contributed by atoms with E-state index >= 15 is 0 Å². The Labute approximate surface area is 81.7 Å². The van der Waals surface area contributed by atoms with Crippen LogP contribution in [-0.4, -0.2) is 0 Å². The average molecular weight is 239 g/mol. The van der Waals surface area contributed by atoms with Crippen LogP contribution in [0.4, 0.5) is 0 Å². The molecule has 0 unspecified atom stereocenters. The molecule has 0 saturated heterocycles. The maximum atomic E-state index is 4.97. The van der Waals surface area contributed by atoms with Gasteiger partial charge in [0, 0.05) is 0 Å². The molecule has 0 atom stereocenters. The van der Waals surface area contributed by atoms with Crippen molar-refractivity contribution in [3.63, 3.8) is 0 Å². The zero-order valence-electron chi connectivity index (χ0n) is 6.17. The van der Waals surface area contributed by atoms with Crippen molar-refractivity contribution < 1.29 is 14.7 Å². The number of hydrogen-bond donors (Lipinski definition) is 0. The topological polar surface area (TPSA) is 0 Å². The molecule has 1 aliphatic rings. The summed E-state index contributed by atoms with van der Waals surface area (Å²) in [6.45, 7) is 0. The third kappa shape index (κ3) is 16.3. The quantitative estimate of drug-likeness (QED) is 0.432. The van der Waals surface area contributed by atoms with Crippen LogP contribution in [0.1, 0.15) is 32.1 Å². The van der Waals surface area contributed by atoms with E-state index in [1.165, 1.54) is 32.1 Å². The fraction of sp³-hybridized carbons (Fsp3) is 0.833. The Bertz CT molecular complexity index is 44.6. The van der Waals surface area contributed by atoms with Gasteiger partial charge in [-0.1, -0.05) is 32.1 Å². The summed E-state index contributed by atoms with van der Waals surface area (Å²) in [4.78, 5) is 0. The molecule has 0 heterocycles. The van der Waals surface area contributed by atoms with Gasteiger partial charge in [0.15, 0.2) is 0 Å². The van der Waals surface area contributed by atoms with Gasteiger partial charge in [-0.3, -0.25) is 0 Å². The van der Waals surface area contributed by atoms with Crippen LogP contribution in [0.25, 0.3) is 0 Å². The Hall–Kier alpha value is 1.58. The van der Waals surface area contributed by atoms with E-state index in [4.69, 9.17) is 27.9 Å². The Morgan fingerprint density at radius 3 is 0.900 bits per heavy atom. The third-order valence-corrected chi connectivity index (χ3v) is 1.25. The second-order valence-electron chi connectivity index (χ2n) is 1.98. The van der Waals surface area contributed by atoms with Crippen molar-refractivity contribution in [1.29, 1.82) is 0 Å². The second-order valence-corrected chi connectivity index (χ2v) is 9.72. The minimum absolute atomic E-state index is 0. The van der Waals surface area contributed by atoms with Gasteiger partial charge in [0.2, 0.25) is 0 Å². The van der Waals surface area contributed by atoms with Crippen LogP contribution in [0, 0.1) is 7.43 Å². The summed E-state index contributed by atoms with van der Waals surface area (Å²) < 4.78 is 0. The molecular weight excluding hydrogens is 226 g/mol. The van der Waals surface area contributed by atoms with E-state index < -0.39 is 14.7 Å². The number of hydrogen-bond acceptors (Lipinski definition) is 0. The van der Waals surface area contributed by atoms with Crippen molar-refractivity contribution in [2.24, 2.45) is 0 Å². The van der Waals surface area contributed by atoms with Crippen LogP contribution in [-0.2, 0) is 14.7 Å². The summed E-state index contributed by atoms with van der Waals surface area (Å²) >= 11 is -1.92. The SMILES string of the molecule is C1CCCC1.[CH3-].[Cl][Ti+]([Cl])[Cl]. The monoisotopic (exact) mass is 238 g/mol. The van der Waals surface area contributed by atoms with Gasteiger partial charge in [-0.15, -0.1) is 0 Å². The molecular formula is C6H13Cl3Ti. The zero-order valence-corrected chi connectivity index (χ0v) is 10.00. The third-order valence-electron chi connectivity index (χ3n) is 1.25. The van der Waals surface area contributed by atoms with Crippen LogP contribution in [0.5, 0.6) is 0 Å². The van der Waals surface area contributed by atoms with Crippen LogP contribution in [0.3, 0.4) is 0 Å². The summed E-state index contributed by atoms with van der Waals surface area (Å²) in [5, 5.41) is 0. The molecule has 1 aliphatic carbocycles. The molecule has 0 radical (unpaired) electrons.